The van der Waals surface area contributed by atoms with Crippen LogP contribution in [0.3, 0.4) is 0 Å². The second-order valence-electron chi connectivity index (χ2n) is 8.50. The van der Waals surface area contributed by atoms with Gasteiger partial charge in [0.05, 0.1) is 0 Å². The number of benzene rings is 2. The van der Waals surface area contributed by atoms with Crippen molar-refractivity contribution >= 4 is 17.1 Å². The largest absolute Gasteiger partial charge is 0.385 e. The number of para-hydroxylation sites is 1. The van der Waals surface area contributed by atoms with E-state index in [2.05, 4.69) is 78.7 Å². The van der Waals surface area contributed by atoms with Gasteiger partial charge >= 0.3 is 0 Å². The molecule has 0 radical (unpaired) electrons. The molecule has 0 aliphatic rings. The molecule has 0 aliphatic heterocycles. The van der Waals surface area contributed by atoms with Crippen LogP contribution >= 0.6 is 0 Å². The molecule has 0 atom stereocenters. The highest BCUT2D eigenvalue weighted by atomic mass is 15.1. The fraction of sp³-hybridized carbons (Fsp3) is 0.571. The maximum atomic E-state index is 3.59. The Morgan fingerprint density at radius 2 is 1.10 bits per heavy atom. The Morgan fingerprint density at radius 1 is 0.567 bits per heavy atom. The van der Waals surface area contributed by atoms with Gasteiger partial charge in [0.2, 0.25) is 0 Å². The Bertz CT molecular complexity index is 635. The van der Waals surface area contributed by atoms with Crippen molar-refractivity contribution in [2.24, 2.45) is 0 Å². The summed E-state index contributed by atoms with van der Waals surface area (Å²) in [5, 5.41) is 3.59. The monoisotopic (exact) mass is 408 g/mol. The lowest BCUT2D eigenvalue weighted by atomic mass is 10.1. The van der Waals surface area contributed by atoms with Gasteiger partial charge in [-0.05, 0) is 49.2 Å². The third kappa shape index (κ3) is 9.69. The zero-order valence-corrected chi connectivity index (χ0v) is 19.5. The van der Waals surface area contributed by atoms with E-state index >= 15 is 0 Å². The Morgan fingerprint density at radius 3 is 1.73 bits per heavy atom. The Labute approximate surface area is 186 Å². The Balaban J connectivity index is 1.83. The van der Waals surface area contributed by atoms with Gasteiger partial charge in [0.15, 0.2) is 0 Å². The predicted octanol–water partition coefficient (Wildman–Crippen LogP) is 8.96. The second-order valence-corrected chi connectivity index (χ2v) is 8.50. The van der Waals surface area contributed by atoms with Gasteiger partial charge in [0, 0.05) is 30.2 Å². The molecule has 166 valence electrons. The number of hydrogen-bond donors (Lipinski definition) is 1. The summed E-state index contributed by atoms with van der Waals surface area (Å²) in [4.78, 5) is 2.47. The topological polar surface area (TPSA) is 15.3 Å². The van der Waals surface area contributed by atoms with Crippen LogP contribution in [0, 0.1) is 0 Å². The van der Waals surface area contributed by atoms with Crippen LogP contribution in [-0.2, 0) is 0 Å². The van der Waals surface area contributed by atoms with E-state index < -0.39 is 0 Å². The van der Waals surface area contributed by atoms with Gasteiger partial charge in [-0.3, -0.25) is 0 Å². The molecule has 2 rings (SSSR count). The molecule has 2 aromatic carbocycles. The maximum absolute atomic E-state index is 3.59. The SMILES string of the molecule is CCCCCCCCNc1ccc(N(CCCCCCCC)c2ccccc2)cc1. The van der Waals surface area contributed by atoms with Crippen LogP contribution in [0.25, 0.3) is 0 Å². The highest BCUT2D eigenvalue weighted by Gasteiger charge is 2.09. The van der Waals surface area contributed by atoms with Gasteiger partial charge < -0.3 is 10.2 Å². The van der Waals surface area contributed by atoms with Crippen molar-refractivity contribution in [1.82, 2.24) is 0 Å². The Kier molecular flexibility index (Phi) is 12.8. The fourth-order valence-corrected chi connectivity index (χ4v) is 3.96. The lowest BCUT2D eigenvalue weighted by Crippen LogP contribution is -2.18. The number of unbranched alkanes of at least 4 members (excludes halogenated alkanes) is 10. The molecule has 0 fully saturated rings. The van der Waals surface area contributed by atoms with Crippen molar-refractivity contribution in [2.75, 3.05) is 23.3 Å². The molecule has 0 heterocycles. The van der Waals surface area contributed by atoms with Crippen LogP contribution in [-0.4, -0.2) is 13.1 Å². The first kappa shape index (κ1) is 24.3. The minimum Gasteiger partial charge on any atom is -0.385 e. The highest BCUT2D eigenvalue weighted by Crippen LogP contribution is 2.27. The first-order valence-electron chi connectivity index (χ1n) is 12.5. The molecule has 0 unspecified atom stereocenters. The molecule has 0 spiro atoms. The minimum absolute atomic E-state index is 1.08. The van der Waals surface area contributed by atoms with E-state index in [1.807, 2.05) is 0 Å². The van der Waals surface area contributed by atoms with Crippen molar-refractivity contribution in [1.29, 1.82) is 0 Å². The van der Waals surface area contributed by atoms with Crippen molar-refractivity contribution in [2.45, 2.75) is 90.9 Å². The van der Waals surface area contributed by atoms with Crippen LogP contribution in [0.15, 0.2) is 54.6 Å². The van der Waals surface area contributed by atoms with Crippen molar-refractivity contribution in [3.8, 4) is 0 Å². The predicted molar refractivity (Wildman–Crippen MR) is 135 cm³/mol. The highest BCUT2D eigenvalue weighted by molar-refractivity contribution is 5.65. The average Bonchev–Trinajstić information content (AvgIpc) is 2.79. The molecule has 30 heavy (non-hydrogen) atoms. The summed E-state index contributed by atoms with van der Waals surface area (Å²) in [6.07, 6.45) is 16.1. The molecule has 0 amide bonds. The molecule has 0 saturated heterocycles. The van der Waals surface area contributed by atoms with Crippen LogP contribution in [0.1, 0.15) is 90.9 Å². The van der Waals surface area contributed by atoms with E-state index in [0.717, 1.165) is 13.1 Å². The molecular weight excluding hydrogens is 364 g/mol. The first-order chi connectivity index (χ1) is 14.8. The Hall–Kier alpha value is -1.96. The quantitative estimate of drug-likeness (QED) is 0.263. The molecule has 2 nitrogen and oxygen atoms in total. The first-order valence-corrected chi connectivity index (χ1v) is 12.5. The number of hydrogen-bond acceptors (Lipinski definition) is 2. The van der Waals surface area contributed by atoms with E-state index in [1.165, 1.54) is 94.1 Å². The van der Waals surface area contributed by atoms with Crippen LogP contribution in [0.2, 0.25) is 0 Å². The summed E-state index contributed by atoms with van der Waals surface area (Å²) in [7, 11) is 0. The lowest BCUT2D eigenvalue weighted by molar-refractivity contribution is 0.609. The van der Waals surface area contributed by atoms with Gasteiger partial charge in [0.25, 0.3) is 0 Å². The molecule has 2 aromatic rings. The molecule has 0 saturated carbocycles. The number of anilines is 3. The van der Waals surface area contributed by atoms with E-state index in [-0.39, 0.29) is 0 Å². The van der Waals surface area contributed by atoms with Crippen LogP contribution in [0.5, 0.6) is 0 Å². The third-order valence-corrected chi connectivity index (χ3v) is 5.84. The van der Waals surface area contributed by atoms with Gasteiger partial charge in [-0.2, -0.15) is 0 Å². The van der Waals surface area contributed by atoms with E-state index in [9.17, 15) is 0 Å². The van der Waals surface area contributed by atoms with E-state index in [4.69, 9.17) is 0 Å². The molecule has 0 aromatic heterocycles. The van der Waals surface area contributed by atoms with E-state index in [1.54, 1.807) is 0 Å². The molecule has 0 aliphatic carbocycles. The van der Waals surface area contributed by atoms with Crippen molar-refractivity contribution in [3.05, 3.63) is 54.6 Å². The summed E-state index contributed by atoms with van der Waals surface area (Å²) in [5.41, 5.74) is 3.82. The number of nitrogens with one attached hydrogen (secondary N) is 1. The fourth-order valence-electron chi connectivity index (χ4n) is 3.96. The summed E-state index contributed by atoms with van der Waals surface area (Å²) in [6, 6.07) is 19.8. The minimum atomic E-state index is 1.08. The lowest BCUT2D eigenvalue weighted by Gasteiger charge is -2.25. The summed E-state index contributed by atoms with van der Waals surface area (Å²) < 4.78 is 0. The van der Waals surface area contributed by atoms with Crippen molar-refractivity contribution < 1.29 is 0 Å². The summed E-state index contributed by atoms with van der Waals surface area (Å²) in [6.45, 7) is 6.72. The smallest absolute Gasteiger partial charge is 0.0412 e. The zero-order chi connectivity index (χ0) is 21.3. The molecule has 0 bridgehead atoms. The normalized spacial score (nSPS) is 10.9. The maximum Gasteiger partial charge on any atom is 0.0412 e. The summed E-state index contributed by atoms with van der Waals surface area (Å²) in [5.74, 6) is 0. The second kappa shape index (κ2) is 15.8. The molecule has 1 N–H and O–H groups in total. The van der Waals surface area contributed by atoms with Crippen LogP contribution in [0.4, 0.5) is 17.1 Å². The zero-order valence-electron chi connectivity index (χ0n) is 19.5. The standard InChI is InChI=1S/C28H44N2/c1-3-5-7-9-11-16-24-29-26-20-22-28(23-21-26)30(27-18-14-13-15-19-27)25-17-12-10-8-6-4-2/h13-15,18-23,29H,3-12,16-17,24-25H2,1-2H3. The average molecular weight is 409 g/mol. The summed E-state index contributed by atoms with van der Waals surface area (Å²) >= 11 is 0. The number of nitrogens with zero attached hydrogens (tertiary/aromatic N) is 1. The van der Waals surface area contributed by atoms with Gasteiger partial charge in [-0.1, -0.05) is 96.3 Å². The van der Waals surface area contributed by atoms with Gasteiger partial charge in [-0.15, -0.1) is 0 Å². The number of rotatable bonds is 17. The van der Waals surface area contributed by atoms with Gasteiger partial charge in [-0.25, -0.2) is 0 Å². The molecule has 2 heteroatoms. The van der Waals surface area contributed by atoms with Gasteiger partial charge in [0.1, 0.15) is 0 Å². The molecular formula is C28H44N2. The van der Waals surface area contributed by atoms with E-state index in [0.29, 0.717) is 0 Å². The third-order valence-electron chi connectivity index (χ3n) is 5.84. The van der Waals surface area contributed by atoms with Crippen LogP contribution < -0.4 is 10.2 Å². The van der Waals surface area contributed by atoms with Crippen molar-refractivity contribution in [3.63, 3.8) is 0 Å².